The monoisotopic (exact) mass is 179 g/mol. The zero-order valence-electron chi connectivity index (χ0n) is 7.29. The van der Waals surface area contributed by atoms with Crippen LogP contribution in [0.3, 0.4) is 0 Å². The lowest BCUT2D eigenvalue weighted by Crippen LogP contribution is -2.41. The van der Waals surface area contributed by atoms with Crippen LogP contribution in [0.5, 0.6) is 0 Å². The summed E-state index contributed by atoms with van der Waals surface area (Å²) in [5, 5.41) is 9.50. The summed E-state index contributed by atoms with van der Waals surface area (Å²) in [6, 6.07) is 0.411. The summed E-state index contributed by atoms with van der Waals surface area (Å²) >= 11 is 0. The molecule has 0 aromatic rings. The van der Waals surface area contributed by atoms with Gasteiger partial charge >= 0.3 is 0 Å². The highest BCUT2D eigenvalue weighted by Gasteiger charge is 2.23. The number of aliphatic hydroxyl groups excluding tert-OH is 1. The smallest absolute Gasteiger partial charge is 0.0695 e. The Morgan fingerprint density at radius 1 is 1.18 bits per heavy atom. The van der Waals surface area contributed by atoms with Gasteiger partial charge in [0.05, 0.1) is 6.10 Å². The third-order valence-corrected chi connectivity index (χ3v) is 2.36. The predicted molar refractivity (Wildman–Crippen MR) is 49.2 cm³/mol. The molecule has 1 N–H and O–H groups in total. The summed E-state index contributed by atoms with van der Waals surface area (Å²) in [4.78, 5) is 2.13. The fraction of sp³-hybridized carbons (Fsp3) is 1.00. The Morgan fingerprint density at radius 3 is 2.09 bits per heavy atom. The Hall–Kier alpha value is 0.210. The molecule has 1 aliphatic carbocycles. The summed E-state index contributed by atoms with van der Waals surface area (Å²) in [6.07, 6.45) is 4.55. The van der Waals surface area contributed by atoms with Crippen molar-refractivity contribution >= 4 is 12.4 Å². The fourth-order valence-corrected chi connectivity index (χ4v) is 1.69. The van der Waals surface area contributed by atoms with Gasteiger partial charge in [-0.1, -0.05) is 12.8 Å². The van der Waals surface area contributed by atoms with Crippen LogP contribution in [0.2, 0.25) is 0 Å². The molecule has 0 spiro atoms. The highest BCUT2D eigenvalue weighted by atomic mass is 35.5. The first-order valence-electron chi connectivity index (χ1n) is 4.06. The zero-order valence-corrected chi connectivity index (χ0v) is 8.10. The lowest BCUT2D eigenvalue weighted by Gasteiger charge is -2.32. The van der Waals surface area contributed by atoms with E-state index in [-0.39, 0.29) is 18.5 Å². The molecule has 0 bridgehead atoms. The van der Waals surface area contributed by atoms with Gasteiger partial charge in [0.15, 0.2) is 0 Å². The molecule has 2 nitrogen and oxygen atoms in total. The van der Waals surface area contributed by atoms with Gasteiger partial charge in [-0.05, 0) is 26.9 Å². The van der Waals surface area contributed by atoms with Crippen molar-refractivity contribution in [3.05, 3.63) is 0 Å². The molecular formula is C8H18ClNO. The normalized spacial score (nSPS) is 31.6. The first kappa shape index (κ1) is 11.2. The van der Waals surface area contributed by atoms with Crippen molar-refractivity contribution in [1.29, 1.82) is 0 Å². The molecule has 1 fully saturated rings. The Kier molecular flexibility index (Phi) is 5.06. The van der Waals surface area contributed by atoms with Gasteiger partial charge in [-0.25, -0.2) is 0 Å². The van der Waals surface area contributed by atoms with E-state index in [0.29, 0.717) is 6.04 Å². The Morgan fingerprint density at radius 2 is 1.73 bits per heavy atom. The van der Waals surface area contributed by atoms with Crippen molar-refractivity contribution in [1.82, 2.24) is 4.90 Å². The third kappa shape index (κ3) is 2.97. The van der Waals surface area contributed by atoms with Gasteiger partial charge in [0.2, 0.25) is 0 Å². The molecule has 0 aliphatic heterocycles. The lowest BCUT2D eigenvalue weighted by molar-refractivity contribution is 0.0435. The van der Waals surface area contributed by atoms with Gasteiger partial charge in [-0.3, -0.25) is 0 Å². The number of nitrogens with zero attached hydrogens (tertiary/aromatic N) is 1. The lowest BCUT2D eigenvalue weighted by atomic mass is 9.92. The molecule has 0 radical (unpaired) electrons. The van der Waals surface area contributed by atoms with Crippen LogP contribution in [0.15, 0.2) is 0 Å². The number of hydrogen-bond acceptors (Lipinski definition) is 2. The topological polar surface area (TPSA) is 23.5 Å². The third-order valence-electron chi connectivity index (χ3n) is 2.36. The molecule has 0 heterocycles. The summed E-state index contributed by atoms with van der Waals surface area (Å²) in [5.41, 5.74) is 0. The summed E-state index contributed by atoms with van der Waals surface area (Å²) in [6.45, 7) is 0. The number of aliphatic hydroxyl groups is 1. The van der Waals surface area contributed by atoms with Crippen molar-refractivity contribution in [2.24, 2.45) is 0 Å². The number of rotatable bonds is 1. The van der Waals surface area contributed by atoms with Crippen LogP contribution in [0, 0.1) is 0 Å². The molecular weight excluding hydrogens is 162 g/mol. The summed E-state index contributed by atoms with van der Waals surface area (Å²) < 4.78 is 0. The molecule has 68 valence electrons. The molecule has 0 aromatic carbocycles. The van der Waals surface area contributed by atoms with E-state index >= 15 is 0 Å². The van der Waals surface area contributed by atoms with E-state index in [1.165, 1.54) is 12.8 Å². The molecule has 2 atom stereocenters. The van der Waals surface area contributed by atoms with Crippen molar-refractivity contribution in [3.63, 3.8) is 0 Å². The van der Waals surface area contributed by atoms with Crippen molar-refractivity contribution in [2.45, 2.75) is 37.8 Å². The van der Waals surface area contributed by atoms with E-state index < -0.39 is 0 Å². The number of likely N-dealkylation sites (N-methyl/N-ethyl adjacent to an activating group) is 1. The Balaban J connectivity index is 0.000001000. The summed E-state index contributed by atoms with van der Waals surface area (Å²) in [5.74, 6) is 0. The maximum atomic E-state index is 9.50. The minimum Gasteiger partial charge on any atom is -0.391 e. The minimum atomic E-state index is -0.0799. The molecule has 1 aliphatic rings. The average Bonchev–Trinajstić information content (AvgIpc) is 1.88. The van der Waals surface area contributed by atoms with Gasteiger partial charge in [0.1, 0.15) is 0 Å². The largest absolute Gasteiger partial charge is 0.391 e. The molecule has 0 unspecified atom stereocenters. The molecule has 1 rings (SSSR count). The van der Waals surface area contributed by atoms with E-state index in [4.69, 9.17) is 0 Å². The number of halogens is 1. The standard InChI is InChI=1S/C8H17NO.ClH/c1-9(2)7-5-3-4-6-8(7)10;/h7-8,10H,3-6H2,1-2H3;1H/t7-,8+;/m0./s1. The summed E-state index contributed by atoms with van der Waals surface area (Å²) in [7, 11) is 4.08. The van der Waals surface area contributed by atoms with Crippen LogP contribution in [-0.2, 0) is 0 Å². The second-order valence-corrected chi connectivity index (χ2v) is 3.38. The second-order valence-electron chi connectivity index (χ2n) is 3.38. The zero-order chi connectivity index (χ0) is 7.56. The molecule has 0 amide bonds. The predicted octanol–water partition coefficient (Wildman–Crippen LogP) is 1.27. The van der Waals surface area contributed by atoms with E-state index in [9.17, 15) is 5.11 Å². The second kappa shape index (κ2) is 4.96. The maximum absolute atomic E-state index is 9.50. The molecule has 0 saturated heterocycles. The van der Waals surface area contributed by atoms with Crippen LogP contribution >= 0.6 is 12.4 Å². The average molecular weight is 180 g/mol. The maximum Gasteiger partial charge on any atom is 0.0695 e. The molecule has 1 saturated carbocycles. The first-order valence-corrected chi connectivity index (χ1v) is 4.06. The Labute approximate surface area is 75.0 Å². The SMILES string of the molecule is CN(C)[C@H]1CCCC[C@H]1O.Cl. The van der Waals surface area contributed by atoms with Gasteiger partial charge in [0.25, 0.3) is 0 Å². The van der Waals surface area contributed by atoms with Crippen LogP contribution < -0.4 is 0 Å². The van der Waals surface area contributed by atoms with Crippen LogP contribution in [-0.4, -0.2) is 36.2 Å². The van der Waals surface area contributed by atoms with Crippen molar-refractivity contribution in [2.75, 3.05) is 14.1 Å². The van der Waals surface area contributed by atoms with E-state index in [0.717, 1.165) is 12.8 Å². The van der Waals surface area contributed by atoms with Gasteiger partial charge < -0.3 is 10.0 Å². The highest BCUT2D eigenvalue weighted by molar-refractivity contribution is 5.85. The van der Waals surface area contributed by atoms with Crippen LogP contribution in [0.4, 0.5) is 0 Å². The molecule has 3 heteroatoms. The molecule has 11 heavy (non-hydrogen) atoms. The van der Waals surface area contributed by atoms with Crippen molar-refractivity contribution < 1.29 is 5.11 Å². The van der Waals surface area contributed by atoms with Gasteiger partial charge in [0, 0.05) is 6.04 Å². The van der Waals surface area contributed by atoms with E-state index in [1.807, 2.05) is 14.1 Å². The van der Waals surface area contributed by atoms with E-state index in [1.54, 1.807) is 0 Å². The van der Waals surface area contributed by atoms with Crippen LogP contribution in [0.25, 0.3) is 0 Å². The Bertz CT molecular complexity index is 108. The van der Waals surface area contributed by atoms with Gasteiger partial charge in [-0.2, -0.15) is 0 Å². The number of hydrogen-bond donors (Lipinski definition) is 1. The van der Waals surface area contributed by atoms with Crippen molar-refractivity contribution in [3.8, 4) is 0 Å². The van der Waals surface area contributed by atoms with E-state index in [2.05, 4.69) is 4.90 Å². The quantitative estimate of drug-likeness (QED) is 0.656. The van der Waals surface area contributed by atoms with Gasteiger partial charge in [-0.15, -0.1) is 12.4 Å². The fourth-order valence-electron chi connectivity index (χ4n) is 1.69. The van der Waals surface area contributed by atoms with Crippen LogP contribution in [0.1, 0.15) is 25.7 Å². The minimum absolute atomic E-state index is 0. The first-order chi connectivity index (χ1) is 4.72. The highest BCUT2D eigenvalue weighted by Crippen LogP contribution is 2.20. The molecule has 0 aromatic heterocycles.